The third-order valence-corrected chi connectivity index (χ3v) is 8.93. The van der Waals surface area contributed by atoms with Gasteiger partial charge < -0.3 is 10.1 Å². The van der Waals surface area contributed by atoms with E-state index in [1.165, 1.54) is 18.6 Å². The molecule has 0 bridgehead atoms. The summed E-state index contributed by atoms with van der Waals surface area (Å²) in [5, 5.41) is 6.89. The Labute approximate surface area is 244 Å². The summed E-state index contributed by atoms with van der Waals surface area (Å²) in [6, 6.07) is 12.0. The molecule has 0 aliphatic carbocycles. The molecule has 11 heteroatoms. The molecule has 0 radical (unpaired) electrons. The van der Waals surface area contributed by atoms with Crippen molar-refractivity contribution in [3.63, 3.8) is 0 Å². The van der Waals surface area contributed by atoms with E-state index in [-0.39, 0.29) is 22.8 Å². The topological polar surface area (TPSA) is 129 Å². The molecule has 0 aliphatic heterocycles. The van der Waals surface area contributed by atoms with E-state index in [0.717, 1.165) is 11.1 Å². The van der Waals surface area contributed by atoms with E-state index in [0.29, 0.717) is 33.8 Å². The van der Waals surface area contributed by atoms with E-state index in [1.54, 1.807) is 54.3 Å². The van der Waals surface area contributed by atoms with E-state index in [2.05, 4.69) is 25.4 Å². The van der Waals surface area contributed by atoms with Crippen LogP contribution in [0.25, 0.3) is 10.9 Å². The van der Waals surface area contributed by atoms with Crippen LogP contribution in [0.5, 0.6) is 11.5 Å². The van der Waals surface area contributed by atoms with Gasteiger partial charge in [0, 0.05) is 36.4 Å². The Bertz CT molecular complexity index is 1860. The highest BCUT2D eigenvalue weighted by molar-refractivity contribution is 7.91. The summed E-state index contributed by atoms with van der Waals surface area (Å²) in [5.41, 5.74) is 3.08. The first kappa shape index (κ1) is 28.9. The quantitative estimate of drug-likeness (QED) is 0.243. The van der Waals surface area contributed by atoms with E-state index >= 15 is 0 Å². The monoisotopic (exact) mass is 584 g/mol. The molecule has 0 saturated heterocycles. The van der Waals surface area contributed by atoms with E-state index < -0.39 is 15.1 Å². The van der Waals surface area contributed by atoms with Gasteiger partial charge in [-0.3, -0.25) is 24.4 Å². The van der Waals surface area contributed by atoms with Crippen molar-refractivity contribution in [2.75, 3.05) is 5.32 Å². The molecule has 42 heavy (non-hydrogen) atoms. The molecule has 0 saturated carbocycles. The number of nitrogens with zero attached hydrogens (tertiary/aromatic N) is 5. The molecule has 1 amide bonds. The number of fused-ring (bicyclic) bond motifs is 1. The van der Waals surface area contributed by atoms with Gasteiger partial charge in [-0.25, -0.2) is 8.42 Å². The number of aromatic nitrogens is 5. The second-order valence-corrected chi connectivity index (χ2v) is 13.3. The molecule has 1 atom stereocenters. The fourth-order valence-corrected chi connectivity index (χ4v) is 5.84. The van der Waals surface area contributed by atoms with Gasteiger partial charge in [0.25, 0.3) is 0 Å². The maximum absolute atomic E-state index is 13.4. The summed E-state index contributed by atoms with van der Waals surface area (Å²) in [4.78, 5) is 25.4. The van der Waals surface area contributed by atoms with Crippen molar-refractivity contribution in [3.05, 3.63) is 96.5 Å². The molecule has 1 unspecified atom stereocenters. The lowest BCUT2D eigenvalue weighted by Gasteiger charge is -2.18. The zero-order valence-electron chi connectivity index (χ0n) is 24.1. The lowest BCUT2D eigenvalue weighted by Crippen LogP contribution is -2.22. The van der Waals surface area contributed by atoms with E-state index in [9.17, 15) is 13.2 Å². The molecular weight excluding hydrogens is 552 g/mol. The minimum Gasteiger partial charge on any atom is -0.456 e. The Kier molecular flexibility index (Phi) is 7.79. The number of carbonyl (C=O) groups is 1. The van der Waals surface area contributed by atoms with Crippen LogP contribution in [-0.2, 0) is 26.6 Å². The number of sulfone groups is 1. The third-order valence-electron chi connectivity index (χ3n) is 6.84. The molecule has 1 N–H and O–H groups in total. The highest BCUT2D eigenvalue weighted by atomic mass is 32.2. The number of aryl methyl sites for hydroxylation is 1. The molecule has 0 spiro atoms. The standard InChI is InChI=1S/C31H32N6O4S/c1-20-14-22(15-30(38)36-23-17-35-37(19-23)31(3,4)5)6-9-28(20)41-29-10-11-33-26-8-7-24(16-25(26)29)42(39,40)21(2)27-18-32-12-13-34-27/h6-14,16-19,21H,15H2,1-5H3,(H,36,38). The van der Waals surface area contributed by atoms with Crippen molar-refractivity contribution >= 4 is 32.3 Å². The first-order valence-corrected chi connectivity index (χ1v) is 15.0. The van der Waals surface area contributed by atoms with Gasteiger partial charge in [-0.2, -0.15) is 5.10 Å². The average Bonchev–Trinajstić information content (AvgIpc) is 3.43. The van der Waals surface area contributed by atoms with Gasteiger partial charge in [0.1, 0.15) is 16.7 Å². The van der Waals surface area contributed by atoms with Crippen LogP contribution in [-0.4, -0.2) is 39.1 Å². The largest absolute Gasteiger partial charge is 0.456 e. The second kappa shape index (κ2) is 11.3. The number of benzene rings is 2. The molecule has 2 aromatic carbocycles. The third kappa shape index (κ3) is 6.15. The number of ether oxygens (including phenoxy) is 1. The molecule has 5 aromatic rings. The van der Waals surface area contributed by atoms with Gasteiger partial charge in [-0.05, 0) is 76.1 Å². The molecule has 0 fully saturated rings. The molecule has 3 heterocycles. The normalized spacial score (nSPS) is 12.7. The first-order valence-electron chi connectivity index (χ1n) is 13.4. The first-order chi connectivity index (χ1) is 19.9. The van der Waals surface area contributed by atoms with Crippen LogP contribution < -0.4 is 10.1 Å². The molecule has 3 aromatic heterocycles. The van der Waals surface area contributed by atoms with Gasteiger partial charge in [-0.1, -0.05) is 12.1 Å². The van der Waals surface area contributed by atoms with Gasteiger partial charge in [0.2, 0.25) is 5.91 Å². The Morgan fingerprint density at radius 1 is 1.00 bits per heavy atom. The van der Waals surface area contributed by atoms with E-state index in [1.807, 2.05) is 46.0 Å². The summed E-state index contributed by atoms with van der Waals surface area (Å²) >= 11 is 0. The Morgan fingerprint density at radius 2 is 1.81 bits per heavy atom. The maximum atomic E-state index is 13.4. The van der Waals surface area contributed by atoms with Gasteiger partial charge in [0.15, 0.2) is 9.84 Å². The summed E-state index contributed by atoms with van der Waals surface area (Å²) in [6.45, 7) is 9.60. The lowest BCUT2D eigenvalue weighted by atomic mass is 10.1. The lowest BCUT2D eigenvalue weighted by molar-refractivity contribution is -0.115. The predicted octanol–water partition coefficient (Wildman–Crippen LogP) is 5.79. The van der Waals surface area contributed by atoms with Crippen molar-refractivity contribution in [1.29, 1.82) is 0 Å². The van der Waals surface area contributed by atoms with Crippen molar-refractivity contribution < 1.29 is 17.9 Å². The average molecular weight is 585 g/mol. The summed E-state index contributed by atoms with van der Waals surface area (Å²) in [6.07, 6.45) is 9.68. The maximum Gasteiger partial charge on any atom is 0.228 e. The van der Waals surface area contributed by atoms with Crippen molar-refractivity contribution in [1.82, 2.24) is 24.7 Å². The van der Waals surface area contributed by atoms with Crippen LogP contribution >= 0.6 is 0 Å². The van der Waals surface area contributed by atoms with Crippen molar-refractivity contribution in [3.8, 4) is 11.5 Å². The minimum absolute atomic E-state index is 0.136. The number of pyridine rings is 1. The van der Waals surface area contributed by atoms with Crippen LogP contribution in [0.1, 0.15) is 49.8 Å². The van der Waals surface area contributed by atoms with Gasteiger partial charge in [-0.15, -0.1) is 0 Å². The molecule has 0 aliphatic rings. The SMILES string of the molecule is Cc1cc(CC(=O)Nc2cnn(C(C)(C)C)c2)ccc1Oc1ccnc2ccc(S(=O)(=O)C(C)c3cnccn3)cc12. The number of hydrogen-bond acceptors (Lipinski definition) is 8. The van der Waals surface area contributed by atoms with Crippen LogP contribution in [0.2, 0.25) is 0 Å². The minimum atomic E-state index is -3.76. The van der Waals surface area contributed by atoms with Crippen LogP contribution in [0.3, 0.4) is 0 Å². The van der Waals surface area contributed by atoms with Crippen LogP contribution in [0, 0.1) is 6.92 Å². The van der Waals surface area contributed by atoms with E-state index in [4.69, 9.17) is 4.74 Å². The molecular formula is C31H32N6O4S. The highest BCUT2D eigenvalue weighted by Gasteiger charge is 2.27. The van der Waals surface area contributed by atoms with Crippen LogP contribution in [0.4, 0.5) is 5.69 Å². The fraction of sp³-hybridized carbons (Fsp3) is 0.258. The highest BCUT2D eigenvalue weighted by Crippen LogP contribution is 2.35. The van der Waals surface area contributed by atoms with Gasteiger partial charge in [0.05, 0.1) is 40.0 Å². The van der Waals surface area contributed by atoms with Crippen LogP contribution in [0.15, 0.2) is 84.5 Å². The smallest absolute Gasteiger partial charge is 0.228 e. The molecule has 5 rings (SSSR count). The number of hydrogen-bond donors (Lipinski definition) is 1. The Morgan fingerprint density at radius 3 is 2.50 bits per heavy atom. The van der Waals surface area contributed by atoms with Crippen molar-refractivity contribution in [2.24, 2.45) is 0 Å². The Balaban J connectivity index is 1.34. The number of amides is 1. The summed E-state index contributed by atoms with van der Waals surface area (Å²) < 4.78 is 34.9. The van der Waals surface area contributed by atoms with Crippen molar-refractivity contribution in [2.45, 2.75) is 56.7 Å². The molecule has 10 nitrogen and oxygen atoms in total. The number of carbonyl (C=O) groups excluding carboxylic acids is 1. The number of rotatable bonds is 8. The fourth-order valence-electron chi connectivity index (χ4n) is 4.45. The zero-order chi connectivity index (χ0) is 30.1. The number of nitrogens with one attached hydrogen (secondary N) is 1. The molecule has 216 valence electrons. The summed E-state index contributed by atoms with van der Waals surface area (Å²) in [7, 11) is -3.76. The Hall–Kier alpha value is -4.64. The zero-order valence-corrected chi connectivity index (χ0v) is 24.9. The number of anilines is 1. The van der Waals surface area contributed by atoms with Gasteiger partial charge >= 0.3 is 0 Å². The predicted molar refractivity (Wildman–Crippen MR) is 160 cm³/mol. The second-order valence-electron chi connectivity index (χ2n) is 11.1. The summed E-state index contributed by atoms with van der Waals surface area (Å²) in [5.74, 6) is 0.897.